The van der Waals surface area contributed by atoms with Gasteiger partial charge in [0.25, 0.3) is 5.91 Å². The molecule has 0 radical (unpaired) electrons. The van der Waals surface area contributed by atoms with Crippen molar-refractivity contribution in [3.05, 3.63) is 24.0 Å². The van der Waals surface area contributed by atoms with Gasteiger partial charge < -0.3 is 15.0 Å². The maximum atomic E-state index is 11.7. The van der Waals surface area contributed by atoms with Crippen molar-refractivity contribution < 1.29 is 9.90 Å². The van der Waals surface area contributed by atoms with Crippen LogP contribution in [0.15, 0.2) is 18.3 Å². The number of carbonyl (C=O) groups is 1. The van der Waals surface area contributed by atoms with Crippen molar-refractivity contribution in [3.63, 3.8) is 0 Å². The second-order valence-electron chi connectivity index (χ2n) is 3.37. The molecule has 0 aliphatic carbocycles. The zero-order valence-electron chi connectivity index (χ0n) is 9.07. The molecular formula is C11H18N2O2. The van der Waals surface area contributed by atoms with Gasteiger partial charge in [0.05, 0.1) is 0 Å². The molecule has 0 atom stereocenters. The Bertz CT molecular complexity index is 307. The summed E-state index contributed by atoms with van der Waals surface area (Å²) in [5, 5.41) is 11.4. The highest BCUT2D eigenvalue weighted by Crippen LogP contribution is 2.01. The SMILES string of the molecule is CCn1cccc1C(=O)NCCCCO. The summed E-state index contributed by atoms with van der Waals surface area (Å²) < 4.78 is 1.90. The van der Waals surface area contributed by atoms with Crippen molar-refractivity contribution in [2.24, 2.45) is 0 Å². The number of aromatic nitrogens is 1. The van der Waals surface area contributed by atoms with Gasteiger partial charge in [0.15, 0.2) is 0 Å². The Hall–Kier alpha value is -1.29. The molecule has 0 saturated carbocycles. The summed E-state index contributed by atoms with van der Waals surface area (Å²) in [4.78, 5) is 11.7. The topological polar surface area (TPSA) is 54.3 Å². The smallest absolute Gasteiger partial charge is 0.267 e. The van der Waals surface area contributed by atoms with Crippen molar-refractivity contribution in [1.29, 1.82) is 0 Å². The Kier molecular flexibility index (Phi) is 4.90. The molecule has 15 heavy (non-hydrogen) atoms. The minimum absolute atomic E-state index is 0.0419. The van der Waals surface area contributed by atoms with Gasteiger partial charge >= 0.3 is 0 Å². The number of unbranched alkanes of at least 4 members (excludes halogenated alkanes) is 1. The maximum Gasteiger partial charge on any atom is 0.267 e. The van der Waals surface area contributed by atoms with E-state index >= 15 is 0 Å². The van der Waals surface area contributed by atoms with Crippen LogP contribution >= 0.6 is 0 Å². The van der Waals surface area contributed by atoms with E-state index in [1.807, 2.05) is 29.8 Å². The van der Waals surface area contributed by atoms with E-state index in [4.69, 9.17) is 5.11 Å². The number of nitrogens with one attached hydrogen (secondary N) is 1. The van der Waals surface area contributed by atoms with Gasteiger partial charge in [-0.15, -0.1) is 0 Å². The van der Waals surface area contributed by atoms with Crippen LogP contribution in [0.5, 0.6) is 0 Å². The normalized spacial score (nSPS) is 10.3. The molecular weight excluding hydrogens is 192 g/mol. The number of aliphatic hydroxyl groups excluding tert-OH is 1. The van der Waals surface area contributed by atoms with Crippen molar-refractivity contribution in [3.8, 4) is 0 Å². The second kappa shape index (κ2) is 6.24. The molecule has 2 N–H and O–H groups in total. The Morgan fingerprint density at radius 2 is 2.33 bits per heavy atom. The third-order valence-corrected chi connectivity index (χ3v) is 2.27. The molecule has 4 heteroatoms. The Morgan fingerprint density at radius 1 is 1.53 bits per heavy atom. The summed E-state index contributed by atoms with van der Waals surface area (Å²) in [6.07, 6.45) is 3.44. The van der Waals surface area contributed by atoms with Crippen molar-refractivity contribution in [2.75, 3.05) is 13.2 Å². The molecule has 0 saturated heterocycles. The molecule has 1 aromatic rings. The van der Waals surface area contributed by atoms with E-state index < -0.39 is 0 Å². The van der Waals surface area contributed by atoms with Gasteiger partial charge in [0.2, 0.25) is 0 Å². The summed E-state index contributed by atoms with van der Waals surface area (Å²) in [5.41, 5.74) is 0.696. The lowest BCUT2D eigenvalue weighted by Crippen LogP contribution is -2.26. The van der Waals surface area contributed by atoms with Crippen LogP contribution in [-0.2, 0) is 6.54 Å². The highest BCUT2D eigenvalue weighted by molar-refractivity contribution is 5.92. The molecule has 0 spiro atoms. The van der Waals surface area contributed by atoms with Crippen molar-refractivity contribution >= 4 is 5.91 Å². The number of aliphatic hydroxyl groups is 1. The monoisotopic (exact) mass is 210 g/mol. The number of aryl methyl sites for hydroxylation is 1. The van der Waals surface area contributed by atoms with Gasteiger partial charge in [-0.3, -0.25) is 4.79 Å². The predicted octanol–water partition coefficient (Wildman–Crippen LogP) is 1.01. The van der Waals surface area contributed by atoms with Crippen LogP contribution in [0, 0.1) is 0 Å². The largest absolute Gasteiger partial charge is 0.396 e. The third-order valence-electron chi connectivity index (χ3n) is 2.27. The minimum Gasteiger partial charge on any atom is -0.396 e. The zero-order chi connectivity index (χ0) is 11.1. The van der Waals surface area contributed by atoms with Crippen LogP contribution < -0.4 is 5.32 Å². The van der Waals surface area contributed by atoms with Gasteiger partial charge in [-0.25, -0.2) is 0 Å². The summed E-state index contributed by atoms with van der Waals surface area (Å²) in [5.74, 6) is -0.0419. The van der Waals surface area contributed by atoms with Gasteiger partial charge in [-0.1, -0.05) is 0 Å². The highest BCUT2D eigenvalue weighted by Gasteiger charge is 2.08. The van der Waals surface area contributed by atoms with E-state index in [9.17, 15) is 4.79 Å². The lowest BCUT2D eigenvalue weighted by atomic mass is 10.3. The van der Waals surface area contributed by atoms with Crippen LogP contribution in [0.2, 0.25) is 0 Å². The molecule has 0 aromatic carbocycles. The first kappa shape index (κ1) is 11.8. The van der Waals surface area contributed by atoms with E-state index in [-0.39, 0.29) is 12.5 Å². The first-order valence-electron chi connectivity index (χ1n) is 5.33. The number of hydrogen-bond donors (Lipinski definition) is 2. The van der Waals surface area contributed by atoms with E-state index in [2.05, 4.69) is 5.32 Å². The molecule has 84 valence electrons. The highest BCUT2D eigenvalue weighted by atomic mass is 16.2. The zero-order valence-corrected chi connectivity index (χ0v) is 9.07. The maximum absolute atomic E-state index is 11.7. The molecule has 1 rings (SSSR count). The fraction of sp³-hybridized carbons (Fsp3) is 0.545. The third kappa shape index (κ3) is 3.40. The molecule has 0 fully saturated rings. The summed E-state index contributed by atoms with van der Waals surface area (Å²) in [6.45, 7) is 3.60. The van der Waals surface area contributed by atoms with Crippen LogP contribution in [0.25, 0.3) is 0 Å². The summed E-state index contributed by atoms with van der Waals surface area (Å²) >= 11 is 0. The molecule has 0 aliphatic heterocycles. The number of carbonyl (C=O) groups excluding carboxylic acids is 1. The van der Waals surface area contributed by atoms with Crippen LogP contribution in [0.1, 0.15) is 30.3 Å². The summed E-state index contributed by atoms with van der Waals surface area (Å²) in [6, 6.07) is 3.68. The average Bonchev–Trinajstić information content (AvgIpc) is 2.72. The first-order valence-corrected chi connectivity index (χ1v) is 5.33. The van der Waals surface area contributed by atoms with Crippen LogP contribution in [0.4, 0.5) is 0 Å². The Labute approximate surface area is 89.9 Å². The number of rotatable bonds is 6. The molecule has 0 aliphatic rings. The standard InChI is InChI=1S/C11H18N2O2/c1-2-13-8-5-6-10(13)11(15)12-7-3-4-9-14/h5-6,8,14H,2-4,7,9H2,1H3,(H,12,15). The lowest BCUT2D eigenvalue weighted by molar-refractivity contribution is 0.0943. The minimum atomic E-state index is -0.0419. The fourth-order valence-electron chi connectivity index (χ4n) is 1.43. The predicted molar refractivity (Wildman–Crippen MR) is 58.8 cm³/mol. The van der Waals surface area contributed by atoms with E-state index in [0.29, 0.717) is 12.2 Å². The first-order chi connectivity index (χ1) is 7.29. The number of amides is 1. The molecule has 0 bridgehead atoms. The fourth-order valence-corrected chi connectivity index (χ4v) is 1.43. The van der Waals surface area contributed by atoms with Gasteiger partial charge in [0, 0.05) is 25.9 Å². The molecule has 1 heterocycles. The number of nitrogens with zero attached hydrogens (tertiary/aromatic N) is 1. The quantitative estimate of drug-likeness (QED) is 0.688. The number of hydrogen-bond acceptors (Lipinski definition) is 2. The second-order valence-corrected chi connectivity index (χ2v) is 3.37. The van der Waals surface area contributed by atoms with Gasteiger partial charge in [-0.05, 0) is 31.9 Å². The Morgan fingerprint density at radius 3 is 3.00 bits per heavy atom. The molecule has 4 nitrogen and oxygen atoms in total. The lowest BCUT2D eigenvalue weighted by Gasteiger charge is -2.07. The molecule has 1 aromatic heterocycles. The van der Waals surface area contributed by atoms with Crippen molar-refractivity contribution in [1.82, 2.24) is 9.88 Å². The van der Waals surface area contributed by atoms with E-state index in [1.165, 1.54) is 0 Å². The van der Waals surface area contributed by atoms with E-state index in [1.54, 1.807) is 0 Å². The summed E-state index contributed by atoms with van der Waals surface area (Å²) in [7, 11) is 0. The molecule has 0 unspecified atom stereocenters. The van der Waals surface area contributed by atoms with E-state index in [0.717, 1.165) is 19.4 Å². The van der Waals surface area contributed by atoms with Gasteiger partial charge in [0.1, 0.15) is 5.69 Å². The van der Waals surface area contributed by atoms with Crippen LogP contribution in [-0.4, -0.2) is 28.7 Å². The molecule has 1 amide bonds. The van der Waals surface area contributed by atoms with Crippen molar-refractivity contribution in [2.45, 2.75) is 26.3 Å². The van der Waals surface area contributed by atoms with Gasteiger partial charge in [-0.2, -0.15) is 0 Å². The Balaban J connectivity index is 2.40. The average molecular weight is 210 g/mol. The van der Waals surface area contributed by atoms with Crippen LogP contribution in [0.3, 0.4) is 0 Å².